The molecule has 0 N–H and O–H groups in total. The van der Waals surface area contributed by atoms with Crippen molar-refractivity contribution in [2.45, 2.75) is 23.0 Å². The number of hydrogen-bond acceptors (Lipinski definition) is 5. The average molecular weight is 297 g/mol. The zero-order valence-electron chi connectivity index (χ0n) is 11.7. The fraction of sp³-hybridized carbons (Fsp3) is 0.500. The third-order valence-corrected chi connectivity index (χ3v) is 6.06. The van der Waals surface area contributed by atoms with Crippen LogP contribution in [0.5, 0.6) is 0 Å². The Morgan fingerprint density at radius 1 is 1.35 bits per heavy atom. The maximum Gasteiger partial charge on any atom is 0.329 e. The smallest absolute Gasteiger partial charge is 0.329 e. The number of sulfone groups is 1. The molecule has 5 nitrogen and oxygen atoms in total. The Balaban J connectivity index is 2.50. The van der Waals surface area contributed by atoms with Gasteiger partial charge < -0.3 is 9.64 Å². The van der Waals surface area contributed by atoms with Gasteiger partial charge in [-0.3, -0.25) is 4.79 Å². The molecule has 0 aromatic heterocycles. The molecule has 20 heavy (non-hydrogen) atoms. The van der Waals surface area contributed by atoms with Crippen molar-refractivity contribution in [3.8, 4) is 0 Å². The van der Waals surface area contributed by atoms with E-state index in [1.165, 1.54) is 12.1 Å². The van der Waals surface area contributed by atoms with Gasteiger partial charge in [0, 0.05) is 13.1 Å². The summed E-state index contributed by atoms with van der Waals surface area (Å²) in [4.78, 5) is 14.3. The zero-order chi connectivity index (χ0) is 14.8. The number of benzene rings is 1. The Bertz CT molecular complexity index is 584. The maximum atomic E-state index is 12.9. The average Bonchev–Trinajstić information content (AvgIpc) is 2.84. The molecule has 1 saturated heterocycles. The molecule has 1 aliphatic heterocycles. The number of carbonyl (C=O) groups is 1. The monoisotopic (exact) mass is 297 g/mol. The number of nitrogens with zero attached hydrogens (tertiary/aromatic N) is 1. The number of ether oxygens (including phenoxy) is 1. The van der Waals surface area contributed by atoms with Crippen LogP contribution in [0.15, 0.2) is 35.2 Å². The Hall–Kier alpha value is -1.40. The van der Waals surface area contributed by atoms with Gasteiger partial charge in [0.15, 0.2) is 14.6 Å². The number of likely N-dealkylation sites (tertiary alicyclic amines) is 1. The maximum absolute atomic E-state index is 12.9. The van der Waals surface area contributed by atoms with Crippen molar-refractivity contribution in [3.63, 3.8) is 0 Å². The highest BCUT2D eigenvalue weighted by molar-refractivity contribution is 7.93. The van der Waals surface area contributed by atoms with Crippen molar-refractivity contribution >= 4 is 15.8 Å². The first-order chi connectivity index (χ1) is 9.44. The van der Waals surface area contributed by atoms with E-state index in [1.807, 2.05) is 11.9 Å². The fourth-order valence-corrected chi connectivity index (χ4v) is 4.54. The van der Waals surface area contributed by atoms with Crippen molar-refractivity contribution in [2.75, 3.05) is 26.7 Å². The molecule has 0 bridgehead atoms. The first-order valence-electron chi connectivity index (χ1n) is 6.59. The number of esters is 1. The molecule has 0 radical (unpaired) electrons. The van der Waals surface area contributed by atoms with Crippen LogP contribution in [0.3, 0.4) is 0 Å². The lowest BCUT2D eigenvalue weighted by molar-refractivity contribution is -0.145. The lowest BCUT2D eigenvalue weighted by Gasteiger charge is -2.26. The van der Waals surface area contributed by atoms with E-state index in [0.29, 0.717) is 6.54 Å². The third-order valence-electron chi connectivity index (χ3n) is 3.64. The van der Waals surface area contributed by atoms with Gasteiger partial charge in [-0.2, -0.15) is 0 Å². The minimum absolute atomic E-state index is 0.170. The van der Waals surface area contributed by atoms with E-state index in [-0.39, 0.29) is 24.5 Å². The minimum Gasteiger partial charge on any atom is -0.465 e. The zero-order valence-corrected chi connectivity index (χ0v) is 12.5. The molecule has 110 valence electrons. The molecule has 1 aromatic rings. The van der Waals surface area contributed by atoms with Crippen molar-refractivity contribution in [1.82, 2.24) is 4.90 Å². The van der Waals surface area contributed by atoms with E-state index in [2.05, 4.69) is 0 Å². The molecule has 1 fully saturated rings. The van der Waals surface area contributed by atoms with E-state index in [9.17, 15) is 13.2 Å². The van der Waals surface area contributed by atoms with E-state index in [0.717, 1.165) is 0 Å². The summed E-state index contributed by atoms with van der Waals surface area (Å²) in [6.07, 6.45) is 0.263. The van der Waals surface area contributed by atoms with Crippen molar-refractivity contribution in [1.29, 1.82) is 0 Å². The Kier molecular flexibility index (Phi) is 4.15. The van der Waals surface area contributed by atoms with Crippen LogP contribution in [0.25, 0.3) is 0 Å². The largest absolute Gasteiger partial charge is 0.465 e. The molecule has 0 saturated carbocycles. The summed E-state index contributed by atoms with van der Waals surface area (Å²) in [6, 6.07) is 8.11. The molecule has 0 amide bonds. The van der Waals surface area contributed by atoms with Crippen LogP contribution in [0, 0.1) is 0 Å². The molecular weight excluding hydrogens is 278 g/mol. The standard InChI is InChI=1S/C14H19NO4S/c1-3-19-13(16)14(9-10-15(2)11-14)20(17,18)12-7-5-4-6-8-12/h4-8H,3,9-11H2,1-2H3. The molecule has 1 aliphatic rings. The predicted molar refractivity (Wildman–Crippen MR) is 75.1 cm³/mol. The van der Waals surface area contributed by atoms with E-state index in [4.69, 9.17) is 4.74 Å². The topological polar surface area (TPSA) is 63.7 Å². The van der Waals surface area contributed by atoms with Crippen LogP contribution in [0.4, 0.5) is 0 Å². The minimum atomic E-state index is -3.77. The first-order valence-corrected chi connectivity index (χ1v) is 8.08. The molecule has 0 spiro atoms. The first kappa shape index (κ1) is 15.0. The summed E-state index contributed by atoms with van der Waals surface area (Å²) in [7, 11) is -1.96. The van der Waals surface area contributed by atoms with Crippen molar-refractivity contribution in [2.24, 2.45) is 0 Å². The molecule has 2 rings (SSSR count). The second-order valence-corrected chi connectivity index (χ2v) is 7.28. The molecule has 1 heterocycles. The van der Waals surface area contributed by atoms with Crippen LogP contribution >= 0.6 is 0 Å². The Morgan fingerprint density at radius 2 is 2.00 bits per heavy atom. The van der Waals surface area contributed by atoms with Crippen molar-refractivity contribution < 1.29 is 17.9 Å². The van der Waals surface area contributed by atoms with Crippen LogP contribution in [-0.4, -0.2) is 50.8 Å². The van der Waals surface area contributed by atoms with Crippen LogP contribution < -0.4 is 0 Å². The number of rotatable bonds is 4. The van der Waals surface area contributed by atoms with E-state index in [1.54, 1.807) is 25.1 Å². The molecule has 1 atom stereocenters. The van der Waals surface area contributed by atoms with Crippen LogP contribution in [0.2, 0.25) is 0 Å². The van der Waals surface area contributed by atoms with Gasteiger partial charge >= 0.3 is 5.97 Å². The van der Waals surface area contributed by atoms with Gasteiger partial charge in [-0.15, -0.1) is 0 Å². The quantitative estimate of drug-likeness (QED) is 0.779. The third kappa shape index (κ3) is 2.33. The number of hydrogen-bond donors (Lipinski definition) is 0. The van der Waals surface area contributed by atoms with Gasteiger partial charge in [0.25, 0.3) is 0 Å². The molecule has 0 aliphatic carbocycles. The van der Waals surface area contributed by atoms with Gasteiger partial charge in [0.05, 0.1) is 11.5 Å². The lowest BCUT2D eigenvalue weighted by Crippen LogP contribution is -2.49. The van der Waals surface area contributed by atoms with E-state index < -0.39 is 20.6 Å². The SMILES string of the molecule is CCOC(=O)C1(S(=O)(=O)c2ccccc2)CCN(C)C1. The summed E-state index contributed by atoms with van der Waals surface area (Å²) >= 11 is 0. The second-order valence-electron chi connectivity index (χ2n) is 5.02. The normalized spacial score (nSPS) is 23.7. The predicted octanol–water partition coefficient (Wildman–Crippen LogP) is 1.10. The highest BCUT2D eigenvalue weighted by Gasteiger charge is 2.56. The van der Waals surface area contributed by atoms with E-state index >= 15 is 0 Å². The van der Waals surface area contributed by atoms with Crippen LogP contribution in [-0.2, 0) is 19.4 Å². The van der Waals surface area contributed by atoms with Crippen LogP contribution in [0.1, 0.15) is 13.3 Å². The fourth-order valence-electron chi connectivity index (χ4n) is 2.55. The van der Waals surface area contributed by atoms with Gasteiger partial charge in [0.2, 0.25) is 0 Å². The molecule has 1 aromatic carbocycles. The summed E-state index contributed by atoms with van der Waals surface area (Å²) in [6.45, 7) is 2.59. The van der Waals surface area contributed by atoms with Gasteiger partial charge in [-0.05, 0) is 32.5 Å². The highest BCUT2D eigenvalue weighted by Crippen LogP contribution is 2.35. The lowest BCUT2D eigenvalue weighted by atomic mass is 10.1. The highest BCUT2D eigenvalue weighted by atomic mass is 32.2. The Morgan fingerprint density at radius 3 is 2.50 bits per heavy atom. The summed E-state index contributed by atoms with van der Waals surface area (Å²) in [5, 5.41) is 0. The molecular formula is C14H19NO4S. The Labute approximate surface area is 119 Å². The van der Waals surface area contributed by atoms with Gasteiger partial charge in [0.1, 0.15) is 0 Å². The summed E-state index contributed by atoms with van der Waals surface area (Å²) < 4.78 is 29.3. The van der Waals surface area contributed by atoms with Gasteiger partial charge in [-0.1, -0.05) is 18.2 Å². The van der Waals surface area contributed by atoms with Crippen molar-refractivity contribution in [3.05, 3.63) is 30.3 Å². The molecule has 1 unspecified atom stereocenters. The summed E-state index contributed by atoms with van der Waals surface area (Å²) in [5.74, 6) is -0.645. The second kappa shape index (κ2) is 5.54. The summed E-state index contributed by atoms with van der Waals surface area (Å²) in [5.41, 5.74) is 0. The van der Waals surface area contributed by atoms with Gasteiger partial charge in [-0.25, -0.2) is 8.42 Å². The number of carbonyl (C=O) groups excluding carboxylic acids is 1. The molecule has 6 heteroatoms.